The van der Waals surface area contributed by atoms with Crippen LogP contribution in [-0.2, 0) is 6.42 Å². The smallest absolute Gasteiger partial charge is 0.224 e. The van der Waals surface area contributed by atoms with Crippen LogP contribution in [-0.4, -0.2) is 22.3 Å². The van der Waals surface area contributed by atoms with E-state index in [0.717, 1.165) is 30.8 Å². The minimum absolute atomic E-state index is 0.0401. The van der Waals surface area contributed by atoms with Crippen molar-refractivity contribution >= 4 is 23.2 Å². The van der Waals surface area contributed by atoms with Gasteiger partial charge < -0.3 is 10.6 Å². The topological polar surface area (TPSA) is 66.9 Å². The van der Waals surface area contributed by atoms with E-state index in [-0.39, 0.29) is 5.78 Å². The molecule has 0 unspecified atom stereocenters. The molecule has 1 heterocycles. The first kappa shape index (κ1) is 18.6. The molecule has 5 nitrogen and oxygen atoms in total. The standard InChI is InChI=1S/C22H24N4O/c1-16-14-21(25-20-12-6-11-19(15-20)17(2)27)26-22(24-16)23-13-7-10-18-8-4-3-5-9-18/h3-6,8-9,11-12,14-15H,7,10,13H2,1-2H3,(H2,23,24,25,26). The molecule has 0 spiro atoms. The van der Waals surface area contributed by atoms with Gasteiger partial charge in [-0.2, -0.15) is 4.98 Å². The summed E-state index contributed by atoms with van der Waals surface area (Å²) in [5.41, 5.74) is 3.71. The summed E-state index contributed by atoms with van der Waals surface area (Å²) in [6.45, 7) is 4.30. The number of carbonyl (C=O) groups excluding carboxylic acids is 1. The molecule has 0 aliphatic rings. The highest BCUT2D eigenvalue weighted by molar-refractivity contribution is 5.95. The monoisotopic (exact) mass is 360 g/mol. The van der Waals surface area contributed by atoms with Crippen LogP contribution in [0, 0.1) is 6.92 Å². The molecule has 0 aliphatic carbocycles. The number of aryl methyl sites for hydroxylation is 2. The maximum absolute atomic E-state index is 11.5. The van der Waals surface area contributed by atoms with Crippen LogP contribution >= 0.6 is 0 Å². The van der Waals surface area contributed by atoms with Crippen molar-refractivity contribution in [2.75, 3.05) is 17.2 Å². The molecule has 0 amide bonds. The largest absolute Gasteiger partial charge is 0.354 e. The van der Waals surface area contributed by atoms with Crippen LogP contribution in [0.25, 0.3) is 0 Å². The Morgan fingerprint density at radius 1 is 1.00 bits per heavy atom. The van der Waals surface area contributed by atoms with E-state index in [1.165, 1.54) is 5.56 Å². The third kappa shape index (κ3) is 5.64. The summed E-state index contributed by atoms with van der Waals surface area (Å²) in [6.07, 6.45) is 2.02. The van der Waals surface area contributed by atoms with Crippen molar-refractivity contribution in [2.45, 2.75) is 26.7 Å². The number of hydrogen-bond donors (Lipinski definition) is 2. The number of hydrogen-bond acceptors (Lipinski definition) is 5. The van der Waals surface area contributed by atoms with Crippen molar-refractivity contribution in [1.82, 2.24) is 9.97 Å². The van der Waals surface area contributed by atoms with Gasteiger partial charge in [0.15, 0.2) is 5.78 Å². The van der Waals surface area contributed by atoms with Crippen LogP contribution < -0.4 is 10.6 Å². The fraction of sp³-hybridized carbons (Fsp3) is 0.227. The zero-order valence-electron chi connectivity index (χ0n) is 15.7. The zero-order chi connectivity index (χ0) is 19.1. The molecule has 3 aromatic rings. The van der Waals surface area contributed by atoms with E-state index >= 15 is 0 Å². The van der Waals surface area contributed by atoms with E-state index in [0.29, 0.717) is 17.3 Å². The second-order valence-corrected chi connectivity index (χ2v) is 6.50. The van der Waals surface area contributed by atoms with Crippen LogP contribution in [0.3, 0.4) is 0 Å². The molecule has 0 radical (unpaired) electrons. The average molecular weight is 360 g/mol. The first-order valence-corrected chi connectivity index (χ1v) is 9.12. The Hall–Kier alpha value is -3.21. The lowest BCUT2D eigenvalue weighted by molar-refractivity contribution is 0.101. The Morgan fingerprint density at radius 2 is 1.81 bits per heavy atom. The normalized spacial score (nSPS) is 10.4. The Morgan fingerprint density at radius 3 is 2.59 bits per heavy atom. The molecule has 0 aliphatic heterocycles. The number of aromatic nitrogens is 2. The number of anilines is 3. The van der Waals surface area contributed by atoms with Gasteiger partial charge in [-0.05, 0) is 44.4 Å². The van der Waals surface area contributed by atoms with E-state index in [4.69, 9.17) is 0 Å². The van der Waals surface area contributed by atoms with E-state index < -0.39 is 0 Å². The molecular formula is C22H24N4O. The summed E-state index contributed by atoms with van der Waals surface area (Å²) in [7, 11) is 0. The second-order valence-electron chi connectivity index (χ2n) is 6.50. The lowest BCUT2D eigenvalue weighted by Gasteiger charge is -2.10. The van der Waals surface area contributed by atoms with Crippen molar-refractivity contribution in [3.8, 4) is 0 Å². The number of nitrogens with zero attached hydrogens (tertiary/aromatic N) is 2. The van der Waals surface area contributed by atoms with Crippen LogP contribution in [0.2, 0.25) is 0 Å². The lowest BCUT2D eigenvalue weighted by Crippen LogP contribution is -2.08. The molecular weight excluding hydrogens is 336 g/mol. The van der Waals surface area contributed by atoms with Crippen LogP contribution in [0.5, 0.6) is 0 Å². The number of Topliss-reactive ketones (excluding diaryl/α,β-unsaturated/α-hetero) is 1. The van der Waals surface area contributed by atoms with Gasteiger partial charge in [0.1, 0.15) is 5.82 Å². The summed E-state index contributed by atoms with van der Waals surface area (Å²) < 4.78 is 0. The fourth-order valence-corrected chi connectivity index (χ4v) is 2.81. The zero-order valence-corrected chi connectivity index (χ0v) is 15.7. The molecule has 3 rings (SSSR count). The van der Waals surface area contributed by atoms with Crippen molar-refractivity contribution in [3.05, 3.63) is 77.5 Å². The van der Waals surface area contributed by atoms with Gasteiger partial charge in [-0.3, -0.25) is 4.79 Å². The van der Waals surface area contributed by atoms with Crippen molar-refractivity contribution in [1.29, 1.82) is 0 Å². The van der Waals surface area contributed by atoms with Crippen molar-refractivity contribution < 1.29 is 4.79 Å². The summed E-state index contributed by atoms with van der Waals surface area (Å²) in [6, 6.07) is 19.7. The highest BCUT2D eigenvalue weighted by Gasteiger charge is 2.05. The van der Waals surface area contributed by atoms with Crippen molar-refractivity contribution in [2.24, 2.45) is 0 Å². The van der Waals surface area contributed by atoms with Gasteiger partial charge in [-0.15, -0.1) is 0 Å². The number of carbonyl (C=O) groups is 1. The molecule has 0 bridgehead atoms. The molecule has 138 valence electrons. The third-order valence-electron chi connectivity index (χ3n) is 4.16. The first-order chi connectivity index (χ1) is 13.1. The Labute approximate surface area is 159 Å². The van der Waals surface area contributed by atoms with E-state index in [9.17, 15) is 4.79 Å². The van der Waals surface area contributed by atoms with E-state index in [1.807, 2.05) is 37.3 Å². The van der Waals surface area contributed by atoms with Gasteiger partial charge in [0.2, 0.25) is 5.95 Å². The van der Waals surface area contributed by atoms with Crippen LogP contribution in [0.15, 0.2) is 60.7 Å². The number of nitrogens with one attached hydrogen (secondary N) is 2. The van der Waals surface area contributed by atoms with E-state index in [2.05, 4.69) is 44.9 Å². The minimum Gasteiger partial charge on any atom is -0.354 e. The highest BCUT2D eigenvalue weighted by Crippen LogP contribution is 2.18. The molecule has 0 saturated heterocycles. The van der Waals surface area contributed by atoms with Crippen LogP contribution in [0.4, 0.5) is 17.5 Å². The number of rotatable bonds is 8. The Kier molecular flexibility index (Phi) is 6.15. The molecule has 2 aromatic carbocycles. The lowest BCUT2D eigenvalue weighted by atomic mass is 10.1. The number of benzene rings is 2. The maximum atomic E-state index is 11.5. The van der Waals surface area contributed by atoms with Crippen LogP contribution in [0.1, 0.15) is 35.0 Å². The Balaban J connectivity index is 1.60. The van der Waals surface area contributed by atoms with Gasteiger partial charge in [0, 0.05) is 29.6 Å². The predicted molar refractivity (Wildman–Crippen MR) is 110 cm³/mol. The predicted octanol–water partition coefficient (Wildman–Crippen LogP) is 4.78. The molecule has 0 atom stereocenters. The quantitative estimate of drug-likeness (QED) is 0.447. The molecule has 5 heteroatoms. The van der Waals surface area contributed by atoms with Gasteiger partial charge in [0.25, 0.3) is 0 Å². The third-order valence-corrected chi connectivity index (χ3v) is 4.16. The van der Waals surface area contributed by atoms with Gasteiger partial charge in [0.05, 0.1) is 0 Å². The highest BCUT2D eigenvalue weighted by atomic mass is 16.1. The molecule has 1 aromatic heterocycles. The summed E-state index contributed by atoms with van der Waals surface area (Å²) in [5.74, 6) is 1.35. The molecule has 2 N–H and O–H groups in total. The Bertz CT molecular complexity index is 909. The fourth-order valence-electron chi connectivity index (χ4n) is 2.81. The second kappa shape index (κ2) is 8.94. The SMILES string of the molecule is CC(=O)c1cccc(Nc2cc(C)nc(NCCCc3ccccc3)n2)c1. The maximum Gasteiger partial charge on any atom is 0.224 e. The molecule has 27 heavy (non-hydrogen) atoms. The van der Waals surface area contributed by atoms with E-state index in [1.54, 1.807) is 13.0 Å². The number of ketones is 1. The summed E-state index contributed by atoms with van der Waals surface area (Å²) in [4.78, 5) is 20.5. The first-order valence-electron chi connectivity index (χ1n) is 9.12. The minimum atomic E-state index is 0.0401. The molecule has 0 saturated carbocycles. The molecule has 0 fully saturated rings. The van der Waals surface area contributed by atoms with Gasteiger partial charge in [-0.1, -0.05) is 42.5 Å². The summed E-state index contributed by atoms with van der Waals surface area (Å²) >= 11 is 0. The average Bonchev–Trinajstić information content (AvgIpc) is 2.66. The van der Waals surface area contributed by atoms with Gasteiger partial charge >= 0.3 is 0 Å². The van der Waals surface area contributed by atoms with Gasteiger partial charge in [-0.25, -0.2) is 4.98 Å². The summed E-state index contributed by atoms with van der Waals surface area (Å²) in [5, 5.41) is 6.55. The van der Waals surface area contributed by atoms with Crippen molar-refractivity contribution in [3.63, 3.8) is 0 Å².